The van der Waals surface area contributed by atoms with Crippen molar-refractivity contribution in [2.24, 2.45) is 5.41 Å². The van der Waals surface area contributed by atoms with Gasteiger partial charge in [0.15, 0.2) is 0 Å². The average molecular weight is 247 g/mol. The summed E-state index contributed by atoms with van der Waals surface area (Å²) in [6, 6.07) is 5.57. The highest BCUT2D eigenvalue weighted by molar-refractivity contribution is 5.94. The standard InChI is InChI=1S/C14H21N3O/c1-2-6-14(7-10-15-11-8-14)13(18)17-12-5-3-4-9-16-12/h3-5,9,15H,2,6-8,10-11H2,1H3,(H,16,17,18). The normalized spacial score (nSPS) is 18.3. The molecule has 98 valence electrons. The molecule has 0 unspecified atom stereocenters. The zero-order chi connectivity index (χ0) is 12.8. The first-order valence-corrected chi connectivity index (χ1v) is 6.70. The Labute approximate surface area is 108 Å². The van der Waals surface area contributed by atoms with Crippen molar-refractivity contribution in [2.45, 2.75) is 32.6 Å². The predicted octanol–water partition coefficient (Wildman–Crippen LogP) is 2.19. The van der Waals surface area contributed by atoms with Gasteiger partial charge in [-0.1, -0.05) is 19.4 Å². The van der Waals surface area contributed by atoms with Crippen LogP contribution in [0.1, 0.15) is 32.6 Å². The molecule has 2 heterocycles. The molecule has 2 rings (SSSR count). The second-order valence-electron chi connectivity index (χ2n) is 4.95. The first kappa shape index (κ1) is 13.0. The molecule has 0 radical (unpaired) electrons. The van der Waals surface area contributed by atoms with Crippen LogP contribution in [0.3, 0.4) is 0 Å². The number of anilines is 1. The summed E-state index contributed by atoms with van der Waals surface area (Å²) in [4.78, 5) is 16.7. The van der Waals surface area contributed by atoms with Crippen LogP contribution in [0, 0.1) is 5.41 Å². The quantitative estimate of drug-likeness (QED) is 0.857. The van der Waals surface area contributed by atoms with Gasteiger partial charge in [0.25, 0.3) is 0 Å². The Morgan fingerprint density at radius 1 is 1.44 bits per heavy atom. The first-order valence-electron chi connectivity index (χ1n) is 6.70. The molecule has 18 heavy (non-hydrogen) atoms. The maximum Gasteiger partial charge on any atom is 0.231 e. The molecule has 0 atom stereocenters. The topological polar surface area (TPSA) is 54.0 Å². The maximum atomic E-state index is 12.5. The molecular weight excluding hydrogens is 226 g/mol. The van der Waals surface area contributed by atoms with E-state index >= 15 is 0 Å². The molecule has 0 aliphatic carbocycles. The molecule has 0 bridgehead atoms. The van der Waals surface area contributed by atoms with Gasteiger partial charge in [0.1, 0.15) is 5.82 Å². The average Bonchev–Trinajstić information content (AvgIpc) is 2.41. The van der Waals surface area contributed by atoms with Crippen LogP contribution < -0.4 is 10.6 Å². The number of hydrogen-bond acceptors (Lipinski definition) is 3. The molecule has 2 N–H and O–H groups in total. The minimum Gasteiger partial charge on any atom is -0.317 e. The van der Waals surface area contributed by atoms with Gasteiger partial charge in [-0.25, -0.2) is 4.98 Å². The van der Waals surface area contributed by atoms with Gasteiger partial charge >= 0.3 is 0 Å². The lowest BCUT2D eigenvalue weighted by Crippen LogP contribution is -2.45. The molecule has 1 aromatic rings. The van der Waals surface area contributed by atoms with Gasteiger partial charge in [-0.2, -0.15) is 0 Å². The number of amides is 1. The summed E-state index contributed by atoms with van der Waals surface area (Å²) in [5.74, 6) is 0.779. The molecule has 0 aromatic carbocycles. The summed E-state index contributed by atoms with van der Waals surface area (Å²) in [6.07, 6.45) is 5.52. The van der Waals surface area contributed by atoms with E-state index in [1.807, 2.05) is 18.2 Å². The van der Waals surface area contributed by atoms with Crippen LogP contribution in [-0.4, -0.2) is 24.0 Å². The Kier molecular flexibility index (Phi) is 4.31. The summed E-state index contributed by atoms with van der Waals surface area (Å²) in [5, 5.41) is 6.28. The summed E-state index contributed by atoms with van der Waals surface area (Å²) < 4.78 is 0. The number of aromatic nitrogens is 1. The van der Waals surface area contributed by atoms with E-state index in [2.05, 4.69) is 22.5 Å². The number of carbonyl (C=O) groups is 1. The van der Waals surface area contributed by atoms with Crippen LogP contribution in [0.15, 0.2) is 24.4 Å². The maximum absolute atomic E-state index is 12.5. The zero-order valence-electron chi connectivity index (χ0n) is 10.9. The lowest BCUT2D eigenvalue weighted by Gasteiger charge is -2.36. The fourth-order valence-electron chi connectivity index (χ4n) is 2.66. The summed E-state index contributed by atoms with van der Waals surface area (Å²) >= 11 is 0. The van der Waals surface area contributed by atoms with Crippen molar-refractivity contribution in [3.63, 3.8) is 0 Å². The minimum atomic E-state index is -0.211. The Morgan fingerprint density at radius 3 is 2.83 bits per heavy atom. The van der Waals surface area contributed by atoms with E-state index < -0.39 is 0 Å². The molecule has 4 heteroatoms. The minimum absolute atomic E-state index is 0.129. The van der Waals surface area contributed by atoms with Gasteiger partial charge in [0.2, 0.25) is 5.91 Å². The predicted molar refractivity (Wildman–Crippen MR) is 72.3 cm³/mol. The number of piperidine rings is 1. The van der Waals surface area contributed by atoms with Crippen molar-refractivity contribution in [1.82, 2.24) is 10.3 Å². The number of carbonyl (C=O) groups excluding carboxylic acids is 1. The molecular formula is C14H21N3O. The molecule has 1 fully saturated rings. The third kappa shape index (κ3) is 2.88. The summed E-state index contributed by atoms with van der Waals surface area (Å²) in [7, 11) is 0. The summed E-state index contributed by atoms with van der Waals surface area (Å²) in [5.41, 5.74) is -0.211. The number of rotatable bonds is 4. The molecule has 1 aromatic heterocycles. The largest absolute Gasteiger partial charge is 0.317 e. The van der Waals surface area contributed by atoms with Crippen LogP contribution in [0.2, 0.25) is 0 Å². The second-order valence-corrected chi connectivity index (χ2v) is 4.95. The Hall–Kier alpha value is -1.42. The van der Waals surface area contributed by atoms with Crippen molar-refractivity contribution in [2.75, 3.05) is 18.4 Å². The third-order valence-corrected chi connectivity index (χ3v) is 3.68. The van der Waals surface area contributed by atoms with Crippen molar-refractivity contribution in [3.8, 4) is 0 Å². The number of hydrogen-bond donors (Lipinski definition) is 2. The van der Waals surface area contributed by atoms with Gasteiger partial charge in [-0.05, 0) is 44.5 Å². The van der Waals surface area contributed by atoms with E-state index in [0.717, 1.165) is 38.8 Å². The van der Waals surface area contributed by atoms with E-state index in [4.69, 9.17) is 0 Å². The van der Waals surface area contributed by atoms with E-state index in [0.29, 0.717) is 5.82 Å². The molecule has 4 nitrogen and oxygen atoms in total. The second kappa shape index (κ2) is 5.96. The van der Waals surface area contributed by atoms with Gasteiger partial charge in [-0.3, -0.25) is 4.79 Å². The Balaban J connectivity index is 2.08. The van der Waals surface area contributed by atoms with E-state index in [9.17, 15) is 4.79 Å². The fraction of sp³-hybridized carbons (Fsp3) is 0.571. The third-order valence-electron chi connectivity index (χ3n) is 3.68. The van der Waals surface area contributed by atoms with Gasteiger partial charge in [0, 0.05) is 6.20 Å². The van der Waals surface area contributed by atoms with Crippen molar-refractivity contribution in [3.05, 3.63) is 24.4 Å². The number of nitrogens with one attached hydrogen (secondary N) is 2. The Bertz CT molecular complexity index is 380. The molecule has 1 saturated heterocycles. The number of nitrogens with zero attached hydrogens (tertiary/aromatic N) is 1. The fourth-order valence-corrected chi connectivity index (χ4v) is 2.66. The van der Waals surface area contributed by atoms with Crippen molar-refractivity contribution >= 4 is 11.7 Å². The molecule has 1 aliphatic rings. The van der Waals surface area contributed by atoms with Crippen molar-refractivity contribution < 1.29 is 4.79 Å². The number of pyridine rings is 1. The van der Waals surface area contributed by atoms with Crippen molar-refractivity contribution in [1.29, 1.82) is 0 Å². The SMILES string of the molecule is CCCC1(C(=O)Nc2ccccn2)CCNCC1. The first-order chi connectivity index (χ1) is 8.77. The van der Waals surface area contributed by atoms with Crippen LogP contribution >= 0.6 is 0 Å². The van der Waals surface area contributed by atoms with Crippen LogP contribution in [-0.2, 0) is 4.79 Å². The van der Waals surface area contributed by atoms with Crippen LogP contribution in [0.25, 0.3) is 0 Å². The smallest absolute Gasteiger partial charge is 0.231 e. The summed E-state index contributed by atoms with van der Waals surface area (Å²) in [6.45, 7) is 3.99. The lowest BCUT2D eigenvalue weighted by molar-refractivity contribution is -0.127. The highest BCUT2D eigenvalue weighted by atomic mass is 16.2. The van der Waals surface area contributed by atoms with Crippen LogP contribution in [0.4, 0.5) is 5.82 Å². The van der Waals surface area contributed by atoms with E-state index in [1.54, 1.807) is 6.20 Å². The Morgan fingerprint density at radius 2 is 2.22 bits per heavy atom. The van der Waals surface area contributed by atoms with Gasteiger partial charge in [-0.15, -0.1) is 0 Å². The molecule has 1 amide bonds. The van der Waals surface area contributed by atoms with Gasteiger partial charge < -0.3 is 10.6 Å². The molecule has 1 aliphatic heterocycles. The zero-order valence-corrected chi connectivity index (χ0v) is 10.9. The van der Waals surface area contributed by atoms with E-state index in [-0.39, 0.29) is 11.3 Å². The van der Waals surface area contributed by atoms with E-state index in [1.165, 1.54) is 0 Å². The highest BCUT2D eigenvalue weighted by Gasteiger charge is 2.38. The lowest BCUT2D eigenvalue weighted by atomic mass is 9.74. The molecule has 0 saturated carbocycles. The molecule has 0 spiro atoms. The highest BCUT2D eigenvalue weighted by Crippen LogP contribution is 2.35. The van der Waals surface area contributed by atoms with Crippen LogP contribution in [0.5, 0.6) is 0 Å². The monoisotopic (exact) mass is 247 g/mol. The van der Waals surface area contributed by atoms with Gasteiger partial charge in [0.05, 0.1) is 5.41 Å².